The molecule has 104 valence electrons. The fourth-order valence-corrected chi connectivity index (χ4v) is 2.76. The maximum absolute atomic E-state index is 12.0. The number of fused-ring (bicyclic) bond motifs is 1. The molecule has 0 aromatic carbocycles. The molecular weight excluding hydrogens is 232 g/mol. The van der Waals surface area contributed by atoms with Crippen LogP contribution in [0.25, 0.3) is 0 Å². The first kappa shape index (κ1) is 13.6. The molecule has 1 amide bonds. The van der Waals surface area contributed by atoms with E-state index < -0.39 is 11.2 Å². The zero-order valence-corrected chi connectivity index (χ0v) is 11.5. The largest absolute Gasteiger partial charge is 0.444 e. The summed E-state index contributed by atoms with van der Waals surface area (Å²) in [4.78, 5) is 13.7. The molecule has 0 radical (unpaired) electrons. The number of amides is 1. The summed E-state index contributed by atoms with van der Waals surface area (Å²) in [7, 11) is 0. The minimum Gasteiger partial charge on any atom is -0.444 e. The van der Waals surface area contributed by atoms with E-state index in [1.54, 1.807) is 4.90 Å². The number of β-amino-alcohol motifs (C(OH)–C–C–N with tert-alkyl or cyclic N) is 1. The molecular formula is C13H24N2O3. The van der Waals surface area contributed by atoms with E-state index in [-0.39, 0.29) is 12.0 Å². The van der Waals surface area contributed by atoms with Crippen LogP contribution in [0.1, 0.15) is 33.6 Å². The van der Waals surface area contributed by atoms with Crippen LogP contribution in [-0.2, 0) is 4.74 Å². The lowest BCUT2D eigenvalue weighted by molar-refractivity contribution is -0.0938. The van der Waals surface area contributed by atoms with Crippen LogP contribution in [0.4, 0.5) is 4.79 Å². The number of ether oxygens (including phenoxy) is 1. The number of piperidine rings is 2. The molecule has 2 aliphatic heterocycles. The summed E-state index contributed by atoms with van der Waals surface area (Å²) in [5.41, 5.74) is -1.22. The maximum Gasteiger partial charge on any atom is 0.410 e. The van der Waals surface area contributed by atoms with Crippen LogP contribution in [0.5, 0.6) is 0 Å². The van der Waals surface area contributed by atoms with Crippen LogP contribution in [0, 0.1) is 5.92 Å². The second-order valence-electron chi connectivity index (χ2n) is 6.45. The summed E-state index contributed by atoms with van der Waals surface area (Å²) in [5.74, 6) is 0.255. The third-order valence-corrected chi connectivity index (χ3v) is 3.75. The Bertz CT molecular complexity index is 327. The molecule has 5 nitrogen and oxygen atoms in total. The van der Waals surface area contributed by atoms with Gasteiger partial charge in [0, 0.05) is 19.0 Å². The van der Waals surface area contributed by atoms with E-state index in [2.05, 4.69) is 5.32 Å². The first-order valence-electron chi connectivity index (χ1n) is 6.71. The van der Waals surface area contributed by atoms with Crippen molar-refractivity contribution in [1.82, 2.24) is 10.2 Å². The number of carbonyl (C=O) groups is 1. The van der Waals surface area contributed by atoms with Crippen molar-refractivity contribution in [2.45, 2.75) is 44.8 Å². The molecule has 2 unspecified atom stereocenters. The molecule has 0 aromatic heterocycles. The quantitative estimate of drug-likeness (QED) is 0.678. The van der Waals surface area contributed by atoms with Crippen molar-refractivity contribution in [2.75, 3.05) is 26.2 Å². The highest BCUT2D eigenvalue weighted by Gasteiger charge is 2.45. The maximum atomic E-state index is 12.0. The number of aliphatic hydroxyl groups is 1. The van der Waals surface area contributed by atoms with E-state index in [9.17, 15) is 9.90 Å². The average molecular weight is 256 g/mol. The number of hydrogen-bond donors (Lipinski definition) is 2. The van der Waals surface area contributed by atoms with Gasteiger partial charge in [-0.1, -0.05) is 0 Å². The monoisotopic (exact) mass is 256 g/mol. The summed E-state index contributed by atoms with van der Waals surface area (Å²) in [6, 6.07) is 0. The highest BCUT2D eigenvalue weighted by molar-refractivity contribution is 5.68. The smallest absolute Gasteiger partial charge is 0.410 e. The SMILES string of the molecule is CC(C)(C)OC(=O)N1CCC2CNCCC2(O)C1. The Kier molecular flexibility index (Phi) is 3.56. The van der Waals surface area contributed by atoms with Gasteiger partial charge in [-0.05, 0) is 40.2 Å². The van der Waals surface area contributed by atoms with Crippen molar-refractivity contribution in [3.63, 3.8) is 0 Å². The number of hydrogen-bond acceptors (Lipinski definition) is 4. The molecule has 2 fully saturated rings. The molecule has 2 N–H and O–H groups in total. The van der Waals surface area contributed by atoms with Crippen LogP contribution in [0.3, 0.4) is 0 Å². The fraction of sp³-hybridized carbons (Fsp3) is 0.923. The first-order valence-corrected chi connectivity index (χ1v) is 6.71. The standard InChI is InChI=1S/C13H24N2O3/c1-12(2,3)18-11(16)15-7-4-10-8-14-6-5-13(10,17)9-15/h10,14,17H,4-9H2,1-3H3. The summed E-state index contributed by atoms with van der Waals surface area (Å²) in [5, 5.41) is 13.9. The van der Waals surface area contributed by atoms with E-state index in [1.165, 1.54) is 0 Å². The van der Waals surface area contributed by atoms with E-state index in [0.717, 1.165) is 19.5 Å². The molecule has 0 bridgehead atoms. The van der Waals surface area contributed by atoms with Crippen LogP contribution in [0.15, 0.2) is 0 Å². The molecule has 2 atom stereocenters. The molecule has 0 saturated carbocycles. The molecule has 5 heteroatoms. The van der Waals surface area contributed by atoms with Gasteiger partial charge in [0.1, 0.15) is 5.60 Å². The molecule has 0 aliphatic carbocycles. The molecule has 2 saturated heterocycles. The third kappa shape index (κ3) is 2.95. The number of rotatable bonds is 0. The highest BCUT2D eigenvalue weighted by Crippen LogP contribution is 2.32. The van der Waals surface area contributed by atoms with Gasteiger partial charge < -0.3 is 20.1 Å². The minimum atomic E-state index is -0.736. The van der Waals surface area contributed by atoms with Crippen LogP contribution in [-0.4, -0.2) is 53.5 Å². The van der Waals surface area contributed by atoms with Gasteiger partial charge in [0.2, 0.25) is 0 Å². The first-order chi connectivity index (χ1) is 8.30. The fourth-order valence-electron chi connectivity index (χ4n) is 2.76. The molecule has 2 heterocycles. The van der Waals surface area contributed by atoms with Gasteiger partial charge in [-0.3, -0.25) is 0 Å². The summed E-state index contributed by atoms with van der Waals surface area (Å²) < 4.78 is 5.36. The van der Waals surface area contributed by atoms with Crippen molar-refractivity contribution >= 4 is 6.09 Å². The van der Waals surface area contributed by atoms with Gasteiger partial charge in [0.25, 0.3) is 0 Å². The minimum absolute atomic E-state index is 0.255. The van der Waals surface area contributed by atoms with Crippen molar-refractivity contribution in [2.24, 2.45) is 5.92 Å². The van der Waals surface area contributed by atoms with Gasteiger partial charge in [0.15, 0.2) is 0 Å². The van der Waals surface area contributed by atoms with Crippen molar-refractivity contribution in [1.29, 1.82) is 0 Å². The van der Waals surface area contributed by atoms with E-state index >= 15 is 0 Å². The number of carbonyl (C=O) groups excluding carboxylic acids is 1. The lowest BCUT2D eigenvalue weighted by atomic mass is 9.77. The molecule has 18 heavy (non-hydrogen) atoms. The van der Waals surface area contributed by atoms with Crippen molar-refractivity contribution in [3.05, 3.63) is 0 Å². The number of nitrogens with zero attached hydrogens (tertiary/aromatic N) is 1. The van der Waals surface area contributed by atoms with Crippen LogP contribution >= 0.6 is 0 Å². The van der Waals surface area contributed by atoms with E-state index in [0.29, 0.717) is 19.5 Å². The Morgan fingerprint density at radius 2 is 2.22 bits per heavy atom. The van der Waals surface area contributed by atoms with Gasteiger partial charge in [-0.15, -0.1) is 0 Å². The number of likely N-dealkylation sites (tertiary alicyclic amines) is 1. The van der Waals surface area contributed by atoms with Crippen molar-refractivity contribution < 1.29 is 14.6 Å². The highest BCUT2D eigenvalue weighted by atomic mass is 16.6. The topological polar surface area (TPSA) is 61.8 Å². The molecule has 0 spiro atoms. The van der Waals surface area contributed by atoms with E-state index in [4.69, 9.17) is 4.74 Å². The van der Waals surface area contributed by atoms with Crippen LogP contribution in [0.2, 0.25) is 0 Å². The van der Waals surface area contributed by atoms with Crippen LogP contribution < -0.4 is 5.32 Å². The summed E-state index contributed by atoms with van der Waals surface area (Å²) in [6.07, 6.45) is 1.23. The second kappa shape index (κ2) is 4.70. The summed E-state index contributed by atoms with van der Waals surface area (Å²) >= 11 is 0. The Morgan fingerprint density at radius 1 is 1.50 bits per heavy atom. The van der Waals surface area contributed by atoms with Gasteiger partial charge in [-0.2, -0.15) is 0 Å². The average Bonchev–Trinajstić information content (AvgIpc) is 2.25. The normalized spacial score (nSPS) is 32.9. The summed E-state index contributed by atoms with van der Waals surface area (Å²) in [6.45, 7) is 8.30. The van der Waals surface area contributed by atoms with E-state index in [1.807, 2.05) is 20.8 Å². The molecule has 2 rings (SSSR count). The number of nitrogens with one attached hydrogen (secondary N) is 1. The molecule has 2 aliphatic rings. The third-order valence-electron chi connectivity index (χ3n) is 3.75. The zero-order valence-electron chi connectivity index (χ0n) is 11.5. The lowest BCUT2D eigenvalue weighted by Crippen LogP contribution is -2.61. The Balaban J connectivity index is 1.98. The Labute approximate surface area is 108 Å². The Morgan fingerprint density at radius 3 is 2.89 bits per heavy atom. The lowest BCUT2D eigenvalue weighted by Gasteiger charge is -2.47. The molecule has 0 aromatic rings. The van der Waals surface area contributed by atoms with Gasteiger partial charge in [-0.25, -0.2) is 4.79 Å². The van der Waals surface area contributed by atoms with Gasteiger partial charge in [0.05, 0.1) is 12.1 Å². The zero-order chi connectivity index (χ0) is 13.4. The predicted molar refractivity (Wildman–Crippen MR) is 68.4 cm³/mol. The predicted octanol–water partition coefficient (Wildman–Crippen LogP) is 0.968. The van der Waals surface area contributed by atoms with Crippen molar-refractivity contribution in [3.8, 4) is 0 Å². The second-order valence-corrected chi connectivity index (χ2v) is 6.45. The Hall–Kier alpha value is -0.810. The van der Waals surface area contributed by atoms with Gasteiger partial charge >= 0.3 is 6.09 Å².